The van der Waals surface area contributed by atoms with Gasteiger partial charge in [0, 0.05) is 11.6 Å². The van der Waals surface area contributed by atoms with Crippen LogP contribution >= 0.6 is 23.2 Å². The lowest BCUT2D eigenvalue weighted by Crippen LogP contribution is -2.29. The molecule has 1 aromatic rings. The highest BCUT2D eigenvalue weighted by Crippen LogP contribution is 2.20. The summed E-state index contributed by atoms with van der Waals surface area (Å²) in [5.74, 6) is -0.525. The largest absolute Gasteiger partial charge is 0.411 e. The van der Waals surface area contributed by atoms with Gasteiger partial charge in [-0.2, -0.15) is 13.2 Å². The molecule has 8 heteroatoms. The molecular formula is C11H10Cl2F3NO2. The molecule has 3 nitrogen and oxygen atoms in total. The molecule has 1 rings (SSSR count). The first kappa shape index (κ1) is 16.1. The number of rotatable bonds is 5. The maximum Gasteiger partial charge on any atom is 0.411 e. The highest BCUT2D eigenvalue weighted by Gasteiger charge is 2.27. The average molecular weight is 316 g/mol. The first-order chi connectivity index (χ1) is 8.79. The number of amides is 1. The molecule has 1 amide bonds. The van der Waals surface area contributed by atoms with Gasteiger partial charge in [-0.25, -0.2) is 0 Å². The smallest absolute Gasteiger partial charge is 0.370 e. The lowest BCUT2D eigenvalue weighted by Gasteiger charge is -2.09. The first-order valence-electron chi connectivity index (χ1n) is 5.17. The van der Waals surface area contributed by atoms with Crippen molar-refractivity contribution >= 4 is 29.1 Å². The molecule has 0 bridgehead atoms. The zero-order valence-electron chi connectivity index (χ0n) is 9.56. The molecule has 0 saturated carbocycles. The molecule has 0 saturated heterocycles. The maximum atomic E-state index is 11.8. The van der Waals surface area contributed by atoms with Crippen LogP contribution in [0.5, 0.6) is 0 Å². The number of ether oxygens (including phenoxy) is 1. The van der Waals surface area contributed by atoms with Gasteiger partial charge in [-0.05, 0) is 18.2 Å². The number of alkyl halides is 3. The Balaban J connectivity index is 2.38. The summed E-state index contributed by atoms with van der Waals surface area (Å²) in [6, 6.07) is 4.35. The van der Waals surface area contributed by atoms with Crippen LogP contribution in [0, 0.1) is 0 Å². The van der Waals surface area contributed by atoms with E-state index in [9.17, 15) is 18.0 Å². The fourth-order valence-electron chi connectivity index (χ4n) is 1.19. The Labute approximate surface area is 117 Å². The predicted molar refractivity (Wildman–Crippen MR) is 65.7 cm³/mol. The van der Waals surface area contributed by atoms with Crippen molar-refractivity contribution in [1.82, 2.24) is 5.32 Å². The summed E-state index contributed by atoms with van der Waals surface area (Å²) in [5.41, 5.74) is 0.157. The van der Waals surface area contributed by atoms with E-state index in [0.717, 1.165) is 0 Å². The minimum absolute atomic E-state index is 0.0578. The van der Waals surface area contributed by atoms with E-state index in [-0.39, 0.29) is 23.7 Å². The highest BCUT2D eigenvalue weighted by atomic mass is 35.5. The van der Waals surface area contributed by atoms with Gasteiger partial charge in [0.2, 0.25) is 0 Å². The van der Waals surface area contributed by atoms with E-state index in [0.29, 0.717) is 5.02 Å². The second kappa shape index (κ2) is 6.98. The normalized spacial score (nSPS) is 11.4. The summed E-state index contributed by atoms with van der Waals surface area (Å²) in [5, 5.41) is 2.92. The summed E-state index contributed by atoms with van der Waals surface area (Å²) in [4.78, 5) is 11.6. The summed E-state index contributed by atoms with van der Waals surface area (Å²) < 4.78 is 39.6. The van der Waals surface area contributed by atoms with Crippen molar-refractivity contribution in [1.29, 1.82) is 0 Å². The topological polar surface area (TPSA) is 38.3 Å². The van der Waals surface area contributed by atoms with E-state index in [1.807, 2.05) is 0 Å². The Morgan fingerprint density at radius 2 is 2.00 bits per heavy atom. The molecule has 0 aliphatic rings. The Hall–Kier alpha value is -0.980. The lowest BCUT2D eigenvalue weighted by molar-refractivity contribution is -0.173. The number of hydrogen-bond acceptors (Lipinski definition) is 2. The van der Waals surface area contributed by atoms with Crippen molar-refractivity contribution in [2.75, 3.05) is 19.8 Å². The highest BCUT2D eigenvalue weighted by molar-refractivity contribution is 6.35. The molecule has 0 unspecified atom stereocenters. The zero-order valence-corrected chi connectivity index (χ0v) is 11.1. The Bertz CT molecular complexity index is 452. The Morgan fingerprint density at radius 3 is 2.63 bits per heavy atom. The van der Waals surface area contributed by atoms with Gasteiger partial charge in [0.1, 0.15) is 6.61 Å². The van der Waals surface area contributed by atoms with Gasteiger partial charge in [0.25, 0.3) is 5.91 Å². The van der Waals surface area contributed by atoms with E-state index in [1.54, 1.807) is 0 Å². The minimum atomic E-state index is -4.37. The van der Waals surface area contributed by atoms with E-state index >= 15 is 0 Å². The van der Waals surface area contributed by atoms with Crippen LogP contribution in [-0.4, -0.2) is 31.8 Å². The molecule has 0 radical (unpaired) electrons. The standard InChI is InChI=1S/C11H10Cl2F3NO2/c12-7-1-2-9(13)8(5-7)10(18)17-3-4-19-6-11(14,15)16/h1-2,5H,3-4,6H2,(H,17,18). The van der Waals surface area contributed by atoms with Gasteiger partial charge >= 0.3 is 6.18 Å². The van der Waals surface area contributed by atoms with Crippen LogP contribution in [0.15, 0.2) is 18.2 Å². The summed E-state index contributed by atoms with van der Waals surface area (Å²) in [7, 11) is 0. The zero-order chi connectivity index (χ0) is 14.5. The molecule has 0 aliphatic heterocycles. The number of benzene rings is 1. The number of hydrogen-bond donors (Lipinski definition) is 1. The van der Waals surface area contributed by atoms with Crippen LogP contribution in [0.1, 0.15) is 10.4 Å². The third kappa shape index (κ3) is 6.13. The predicted octanol–water partition coefficient (Wildman–Crippen LogP) is 3.30. The quantitative estimate of drug-likeness (QED) is 0.847. The van der Waals surface area contributed by atoms with Crippen LogP contribution in [0.3, 0.4) is 0 Å². The molecule has 1 aromatic carbocycles. The monoisotopic (exact) mass is 315 g/mol. The molecule has 0 heterocycles. The first-order valence-corrected chi connectivity index (χ1v) is 5.93. The number of halogens is 5. The Kier molecular flexibility index (Phi) is 5.90. The molecule has 0 aromatic heterocycles. The van der Waals surface area contributed by atoms with Gasteiger partial charge in [-0.3, -0.25) is 4.79 Å². The van der Waals surface area contributed by atoms with Gasteiger partial charge in [0.05, 0.1) is 17.2 Å². The van der Waals surface area contributed by atoms with Crippen LogP contribution in [0.4, 0.5) is 13.2 Å². The summed E-state index contributed by atoms with van der Waals surface area (Å²) >= 11 is 11.5. The summed E-state index contributed by atoms with van der Waals surface area (Å²) in [6.07, 6.45) is -4.37. The third-order valence-corrected chi connectivity index (χ3v) is 2.54. The van der Waals surface area contributed by atoms with Crippen LogP contribution in [0.2, 0.25) is 10.0 Å². The van der Waals surface area contributed by atoms with Gasteiger partial charge in [0.15, 0.2) is 0 Å². The maximum absolute atomic E-state index is 11.8. The van der Waals surface area contributed by atoms with Crippen molar-refractivity contribution < 1.29 is 22.7 Å². The molecule has 0 aliphatic carbocycles. The molecule has 19 heavy (non-hydrogen) atoms. The van der Waals surface area contributed by atoms with Crippen molar-refractivity contribution in [3.63, 3.8) is 0 Å². The molecule has 0 fully saturated rings. The summed E-state index contributed by atoms with van der Waals surface area (Å²) in [6.45, 7) is -1.65. The van der Waals surface area contributed by atoms with Gasteiger partial charge in [-0.15, -0.1) is 0 Å². The van der Waals surface area contributed by atoms with Crippen molar-refractivity contribution in [2.24, 2.45) is 0 Å². The molecular weight excluding hydrogens is 306 g/mol. The number of carbonyl (C=O) groups is 1. The van der Waals surface area contributed by atoms with Gasteiger partial charge < -0.3 is 10.1 Å². The number of nitrogens with one attached hydrogen (secondary N) is 1. The van der Waals surface area contributed by atoms with Crippen molar-refractivity contribution in [2.45, 2.75) is 6.18 Å². The average Bonchev–Trinajstić information content (AvgIpc) is 2.30. The fourth-order valence-corrected chi connectivity index (χ4v) is 1.57. The molecule has 1 N–H and O–H groups in total. The van der Waals surface area contributed by atoms with Gasteiger partial charge in [-0.1, -0.05) is 23.2 Å². The minimum Gasteiger partial charge on any atom is -0.370 e. The van der Waals surface area contributed by atoms with E-state index < -0.39 is 18.7 Å². The second-order valence-corrected chi connectivity index (χ2v) is 4.39. The number of carbonyl (C=O) groups excluding carboxylic acids is 1. The Morgan fingerprint density at radius 1 is 1.32 bits per heavy atom. The lowest BCUT2D eigenvalue weighted by atomic mass is 10.2. The second-order valence-electron chi connectivity index (χ2n) is 3.55. The van der Waals surface area contributed by atoms with Crippen LogP contribution in [-0.2, 0) is 4.74 Å². The SMILES string of the molecule is O=C(NCCOCC(F)(F)F)c1cc(Cl)ccc1Cl. The molecule has 106 valence electrons. The fraction of sp³-hybridized carbons (Fsp3) is 0.364. The van der Waals surface area contributed by atoms with Crippen molar-refractivity contribution in [3.8, 4) is 0 Å². The molecule has 0 spiro atoms. The van der Waals surface area contributed by atoms with E-state index in [1.165, 1.54) is 18.2 Å². The van der Waals surface area contributed by atoms with Crippen LogP contribution < -0.4 is 5.32 Å². The third-order valence-electron chi connectivity index (χ3n) is 1.97. The van der Waals surface area contributed by atoms with E-state index in [4.69, 9.17) is 23.2 Å². The van der Waals surface area contributed by atoms with Crippen molar-refractivity contribution in [3.05, 3.63) is 33.8 Å². The molecule has 0 atom stereocenters. The van der Waals surface area contributed by atoms with E-state index in [2.05, 4.69) is 10.1 Å². The van der Waals surface area contributed by atoms with Crippen LogP contribution in [0.25, 0.3) is 0 Å².